The van der Waals surface area contributed by atoms with Crippen LogP contribution in [0.5, 0.6) is 0 Å². The summed E-state index contributed by atoms with van der Waals surface area (Å²) in [7, 11) is 0. The summed E-state index contributed by atoms with van der Waals surface area (Å²) in [5.41, 5.74) is 2.06. The Balaban J connectivity index is 2.24. The molecule has 0 saturated heterocycles. The van der Waals surface area contributed by atoms with Crippen molar-refractivity contribution < 1.29 is 0 Å². The molecule has 1 aliphatic rings. The fourth-order valence-corrected chi connectivity index (χ4v) is 3.44. The zero-order valence-electron chi connectivity index (χ0n) is 11.9. The molecule has 2 aromatic rings. The Bertz CT molecular complexity index is 792. The number of rotatable bonds is 2. The number of hydrogen-bond donors (Lipinski definition) is 1. The lowest BCUT2D eigenvalue weighted by Crippen LogP contribution is -2.41. The van der Waals surface area contributed by atoms with Gasteiger partial charge in [0.25, 0.3) is 5.56 Å². The highest BCUT2D eigenvalue weighted by Gasteiger charge is 2.25. The monoisotopic (exact) mass is 304 g/mol. The number of aryl methyl sites for hydroxylation is 1. The number of aromatic nitrogens is 2. The molecule has 5 heteroatoms. The van der Waals surface area contributed by atoms with Gasteiger partial charge in [0.15, 0.2) is 0 Å². The van der Waals surface area contributed by atoms with Crippen molar-refractivity contribution >= 4 is 11.6 Å². The number of benzene rings is 1. The first kappa shape index (κ1) is 14.1. The smallest absolute Gasteiger partial charge is 0.297 e. The van der Waals surface area contributed by atoms with Crippen molar-refractivity contribution in [2.24, 2.45) is 0 Å². The van der Waals surface area contributed by atoms with Gasteiger partial charge in [-0.2, -0.15) is 0 Å². The molecule has 0 radical (unpaired) electrons. The normalized spacial score (nSPS) is 17.5. The Morgan fingerprint density at radius 1 is 1.33 bits per heavy atom. The molecule has 1 heterocycles. The van der Waals surface area contributed by atoms with Crippen LogP contribution in [0.2, 0.25) is 5.15 Å². The van der Waals surface area contributed by atoms with Gasteiger partial charge in [-0.3, -0.25) is 14.3 Å². The SMILES string of the molecule is CCc1c(Cl)[nH]c(=O)n(C2CCCc3ccccc32)c1=O. The highest BCUT2D eigenvalue weighted by molar-refractivity contribution is 6.30. The van der Waals surface area contributed by atoms with Gasteiger partial charge in [-0.1, -0.05) is 42.8 Å². The second-order valence-corrected chi connectivity index (χ2v) is 5.74. The van der Waals surface area contributed by atoms with Gasteiger partial charge in [0.05, 0.1) is 11.6 Å². The van der Waals surface area contributed by atoms with E-state index in [1.807, 2.05) is 25.1 Å². The molecule has 1 aromatic heterocycles. The highest BCUT2D eigenvalue weighted by Crippen LogP contribution is 2.31. The van der Waals surface area contributed by atoms with Crippen molar-refractivity contribution in [3.63, 3.8) is 0 Å². The summed E-state index contributed by atoms with van der Waals surface area (Å²) in [5.74, 6) is 0. The summed E-state index contributed by atoms with van der Waals surface area (Å²) in [6.07, 6.45) is 3.26. The van der Waals surface area contributed by atoms with E-state index in [-0.39, 0.29) is 16.8 Å². The first-order valence-corrected chi connectivity index (χ1v) is 7.62. The van der Waals surface area contributed by atoms with Crippen LogP contribution in [0.1, 0.15) is 42.5 Å². The minimum absolute atomic E-state index is 0.160. The molecule has 1 aromatic carbocycles. The molecule has 0 fully saturated rings. The molecule has 0 amide bonds. The Morgan fingerprint density at radius 2 is 2.10 bits per heavy atom. The Labute approximate surface area is 127 Å². The summed E-state index contributed by atoms with van der Waals surface area (Å²) in [6.45, 7) is 1.86. The molecule has 21 heavy (non-hydrogen) atoms. The van der Waals surface area contributed by atoms with Crippen LogP contribution in [-0.4, -0.2) is 9.55 Å². The average Bonchev–Trinajstić information content (AvgIpc) is 2.47. The molecule has 1 N–H and O–H groups in total. The lowest BCUT2D eigenvalue weighted by atomic mass is 9.87. The van der Waals surface area contributed by atoms with Crippen LogP contribution in [0.15, 0.2) is 33.9 Å². The molecule has 4 nitrogen and oxygen atoms in total. The van der Waals surface area contributed by atoms with Crippen LogP contribution in [0, 0.1) is 0 Å². The summed E-state index contributed by atoms with van der Waals surface area (Å²) in [6, 6.07) is 7.82. The van der Waals surface area contributed by atoms with Gasteiger partial charge < -0.3 is 0 Å². The number of halogens is 1. The van der Waals surface area contributed by atoms with E-state index in [9.17, 15) is 9.59 Å². The maximum atomic E-state index is 12.6. The van der Waals surface area contributed by atoms with Crippen molar-refractivity contribution in [3.05, 3.63) is 66.9 Å². The van der Waals surface area contributed by atoms with Crippen molar-refractivity contribution in [3.8, 4) is 0 Å². The first-order valence-electron chi connectivity index (χ1n) is 7.24. The third kappa shape index (κ3) is 2.33. The molecular weight excluding hydrogens is 288 g/mol. The molecule has 1 unspecified atom stereocenters. The number of hydrogen-bond acceptors (Lipinski definition) is 2. The lowest BCUT2D eigenvalue weighted by Gasteiger charge is -2.26. The number of fused-ring (bicyclic) bond motifs is 1. The summed E-state index contributed by atoms with van der Waals surface area (Å²) >= 11 is 5.98. The first-order chi connectivity index (χ1) is 10.1. The number of nitrogens with one attached hydrogen (secondary N) is 1. The maximum Gasteiger partial charge on any atom is 0.330 e. The van der Waals surface area contributed by atoms with Gasteiger partial charge in [-0.05, 0) is 36.8 Å². The minimum atomic E-state index is -0.427. The topological polar surface area (TPSA) is 54.9 Å². The molecule has 0 saturated carbocycles. The Morgan fingerprint density at radius 3 is 2.86 bits per heavy atom. The summed E-state index contributed by atoms with van der Waals surface area (Å²) < 4.78 is 1.34. The number of nitrogens with zero attached hydrogens (tertiary/aromatic N) is 1. The Hall–Kier alpha value is -1.81. The summed E-state index contributed by atoms with van der Waals surface area (Å²) in [4.78, 5) is 27.5. The van der Waals surface area contributed by atoms with Gasteiger partial charge >= 0.3 is 5.69 Å². The van der Waals surface area contributed by atoms with Crippen LogP contribution in [0.25, 0.3) is 0 Å². The van der Waals surface area contributed by atoms with Gasteiger partial charge in [0.2, 0.25) is 0 Å². The van der Waals surface area contributed by atoms with E-state index in [2.05, 4.69) is 11.1 Å². The molecule has 1 aliphatic carbocycles. The van der Waals surface area contributed by atoms with E-state index in [1.54, 1.807) is 0 Å². The highest BCUT2D eigenvalue weighted by atomic mass is 35.5. The second kappa shape index (κ2) is 5.53. The van der Waals surface area contributed by atoms with E-state index in [1.165, 1.54) is 10.1 Å². The van der Waals surface area contributed by atoms with Crippen molar-refractivity contribution in [2.75, 3.05) is 0 Å². The average molecular weight is 305 g/mol. The zero-order valence-corrected chi connectivity index (χ0v) is 12.6. The third-order valence-corrected chi connectivity index (χ3v) is 4.50. The molecule has 3 rings (SSSR count). The second-order valence-electron chi connectivity index (χ2n) is 5.36. The third-order valence-electron chi connectivity index (χ3n) is 4.18. The molecule has 0 aliphatic heterocycles. The molecule has 110 valence electrons. The zero-order chi connectivity index (χ0) is 15.0. The molecular formula is C16H17ClN2O2. The van der Waals surface area contributed by atoms with E-state index in [4.69, 9.17) is 11.6 Å². The van der Waals surface area contributed by atoms with E-state index >= 15 is 0 Å². The number of H-pyrrole nitrogens is 1. The summed E-state index contributed by atoms with van der Waals surface area (Å²) in [5, 5.41) is 0.160. The van der Waals surface area contributed by atoms with E-state index in [0.717, 1.165) is 24.8 Å². The fourth-order valence-electron chi connectivity index (χ4n) is 3.15. The maximum absolute atomic E-state index is 12.6. The number of aromatic amines is 1. The van der Waals surface area contributed by atoms with Crippen LogP contribution in [-0.2, 0) is 12.8 Å². The van der Waals surface area contributed by atoms with Crippen molar-refractivity contribution in [1.82, 2.24) is 9.55 Å². The van der Waals surface area contributed by atoms with Gasteiger partial charge in [-0.25, -0.2) is 4.79 Å². The molecule has 0 spiro atoms. The van der Waals surface area contributed by atoms with Gasteiger partial charge in [0.1, 0.15) is 5.15 Å². The standard InChI is InChI=1S/C16H17ClN2O2/c1-2-11-14(17)18-16(21)19(15(11)20)13-9-5-7-10-6-3-4-8-12(10)13/h3-4,6,8,13H,2,5,7,9H2,1H3,(H,18,21). The lowest BCUT2D eigenvalue weighted by molar-refractivity contribution is 0.458. The van der Waals surface area contributed by atoms with Crippen LogP contribution in [0.4, 0.5) is 0 Å². The van der Waals surface area contributed by atoms with Gasteiger partial charge in [-0.15, -0.1) is 0 Å². The van der Waals surface area contributed by atoms with Crippen LogP contribution in [0.3, 0.4) is 0 Å². The van der Waals surface area contributed by atoms with E-state index < -0.39 is 5.69 Å². The van der Waals surface area contributed by atoms with E-state index in [0.29, 0.717) is 12.0 Å². The Kier molecular flexibility index (Phi) is 3.72. The largest absolute Gasteiger partial charge is 0.330 e. The minimum Gasteiger partial charge on any atom is -0.297 e. The predicted molar refractivity (Wildman–Crippen MR) is 83.2 cm³/mol. The predicted octanol–water partition coefficient (Wildman–Crippen LogP) is 2.68. The molecule has 1 atom stereocenters. The quantitative estimate of drug-likeness (QED) is 0.867. The fraction of sp³-hybridized carbons (Fsp3) is 0.375. The van der Waals surface area contributed by atoms with Crippen LogP contribution >= 0.6 is 11.6 Å². The van der Waals surface area contributed by atoms with Crippen molar-refractivity contribution in [2.45, 2.75) is 38.6 Å². The van der Waals surface area contributed by atoms with Gasteiger partial charge in [0, 0.05) is 0 Å². The van der Waals surface area contributed by atoms with Crippen LogP contribution < -0.4 is 11.2 Å². The van der Waals surface area contributed by atoms with Crippen molar-refractivity contribution in [1.29, 1.82) is 0 Å². The molecule has 0 bridgehead atoms.